The van der Waals surface area contributed by atoms with Crippen molar-refractivity contribution in [3.05, 3.63) is 17.7 Å². The standard InChI is InChI=1S/C23H34N2O7/c1-6-32-23(28)17-9-11-25(12-10-17)21(27)15-24(2)20(26)8-7-16-13-18(29-3)22(31-5)19(14-16)30-4/h13-14,17H,6-12,15H2,1-5H3. The molecule has 32 heavy (non-hydrogen) atoms. The summed E-state index contributed by atoms with van der Waals surface area (Å²) in [5, 5.41) is 0. The molecule has 1 aromatic rings. The average Bonchev–Trinajstić information content (AvgIpc) is 2.81. The number of rotatable bonds is 10. The quantitative estimate of drug-likeness (QED) is 0.503. The van der Waals surface area contributed by atoms with Gasteiger partial charge in [0.25, 0.3) is 0 Å². The normalized spacial score (nSPS) is 14.0. The molecule has 178 valence electrons. The lowest BCUT2D eigenvalue weighted by Gasteiger charge is -2.32. The fraction of sp³-hybridized carbons (Fsp3) is 0.609. The third-order valence-electron chi connectivity index (χ3n) is 5.62. The molecular weight excluding hydrogens is 416 g/mol. The Labute approximate surface area is 189 Å². The molecule has 0 N–H and O–H groups in total. The van der Waals surface area contributed by atoms with Crippen LogP contribution in [0.15, 0.2) is 12.1 Å². The van der Waals surface area contributed by atoms with Crippen molar-refractivity contribution in [3.8, 4) is 17.2 Å². The van der Waals surface area contributed by atoms with Gasteiger partial charge in [-0.25, -0.2) is 0 Å². The highest BCUT2D eigenvalue weighted by atomic mass is 16.5. The molecule has 0 atom stereocenters. The number of carbonyl (C=O) groups excluding carboxylic acids is 3. The van der Waals surface area contributed by atoms with Gasteiger partial charge in [0.2, 0.25) is 17.6 Å². The van der Waals surface area contributed by atoms with Crippen LogP contribution in [0.4, 0.5) is 0 Å². The number of benzene rings is 1. The lowest BCUT2D eigenvalue weighted by atomic mass is 9.97. The van der Waals surface area contributed by atoms with Crippen LogP contribution in [-0.2, 0) is 25.5 Å². The second-order valence-electron chi connectivity index (χ2n) is 7.69. The van der Waals surface area contributed by atoms with E-state index in [-0.39, 0.29) is 36.7 Å². The number of esters is 1. The Kier molecular flexibility index (Phi) is 9.61. The second-order valence-corrected chi connectivity index (χ2v) is 7.69. The van der Waals surface area contributed by atoms with Crippen molar-refractivity contribution >= 4 is 17.8 Å². The maximum absolute atomic E-state index is 12.6. The van der Waals surface area contributed by atoms with Crippen LogP contribution in [-0.4, -0.2) is 82.2 Å². The number of aryl methyl sites for hydroxylation is 1. The van der Waals surface area contributed by atoms with E-state index in [0.29, 0.717) is 56.2 Å². The van der Waals surface area contributed by atoms with Crippen molar-refractivity contribution in [2.24, 2.45) is 5.92 Å². The molecule has 0 aromatic heterocycles. The number of methoxy groups -OCH3 is 3. The molecule has 1 aliphatic rings. The monoisotopic (exact) mass is 450 g/mol. The van der Waals surface area contributed by atoms with E-state index in [2.05, 4.69) is 0 Å². The predicted octanol–water partition coefficient (Wildman–Crippen LogP) is 1.91. The average molecular weight is 451 g/mol. The van der Waals surface area contributed by atoms with E-state index in [1.807, 2.05) is 12.1 Å². The first-order chi connectivity index (χ1) is 15.3. The lowest BCUT2D eigenvalue weighted by Crippen LogP contribution is -2.45. The van der Waals surface area contributed by atoms with Gasteiger partial charge in [-0.15, -0.1) is 0 Å². The Morgan fingerprint density at radius 2 is 1.62 bits per heavy atom. The van der Waals surface area contributed by atoms with Crippen LogP contribution in [0.1, 0.15) is 31.7 Å². The summed E-state index contributed by atoms with van der Waals surface area (Å²) >= 11 is 0. The second kappa shape index (κ2) is 12.2. The number of amides is 2. The Hall–Kier alpha value is -2.97. The first-order valence-electron chi connectivity index (χ1n) is 10.8. The van der Waals surface area contributed by atoms with E-state index in [1.54, 1.807) is 33.1 Å². The smallest absolute Gasteiger partial charge is 0.309 e. The van der Waals surface area contributed by atoms with Gasteiger partial charge in [-0.05, 0) is 43.9 Å². The topological polar surface area (TPSA) is 94.6 Å². The maximum Gasteiger partial charge on any atom is 0.309 e. The summed E-state index contributed by atoms with van der Waals surface area (Å²) in [5.74, 6) is 0.965. The molecule has 1 aromatic carbocycles. The predicted molar refractivity (Wildman–Crippen MR) is 118 cm³/mol. The molecule has 2 amide bonds. The summed E-state index contributed by atoms with van der Waals surface area (Å²) < 4.78 is 21.1. The highest BCUT2D eigenvalue weighted by molar-refractivity contribution is 5.85. The van der Waals surface area contributed by atoms with Gasteiger partial charge in [-0.3, -0.25) is 14.4 Å². The van der Waals surface area contributed by atoms with Crippen molar-refractivity contribution in [2.75, 3.05) is 54.6 Å². The highest BCUT2D eigenvalue weighted by Crippen LogP contribution is 2.38. The lowest BCUT2D eigenvalue weighted by molar-refractivity contribution is -0.151. The molecule has 0 unspecified atom stereocenters. The first kappa shape index (κ1) is 25.3. The van der Waals surface area contributed by atoms with Crippen LogP contribution in [0.3, 0.4) is 0 Å². The summed E-state index contributed by atoms with van der Waals surface area (Å²) in [6, 6.07) is 3.63. The third kappa shape index (κ3) is 6.51. The maximum atomic E-state index is 12.6. The minimum absolute atomic E-state index is 0.0121. The zero-order chi connectivity index (χ0) is 23.7. The van der Waals surface area contributed by atoms with E-state index in [1.165, 1.54) is 12.0 Å². The van der Waals surface area contributed by atoms with Gasteiger partial charge in [-0.2, -0.15) is 0 Å². The van der Waals surface area contributed by atoms with Crippen LogP contribution >= 0.6 is 0 Å². The molecule has 0 bridgehead atoms. The third-order valence-corrected chi connectivity index (χ3v) is 5.62. The van der Waals surface area contributed by atoms with Gasteiger partial charge in [0.05, 0.1) is 40.4 Å². The van der Waals surface area contributed by atoms with Crippen LogP contribution in [0, 0.1) is 5.92 Å². The first-order valence-corrected chi connectivity index (χ1v) is 10.8. The zero-order valence-corrected chi connectivity index (χ0v) is 19.6. The van der Waals surface area contributed by atoms with Crippen molar-refractivity contribution in [2.45, 2.75) is 32.6 Å². The van der Waals surface area contributed by atoms with Gasteiger partial charge in [0.15, 0.2) is 11.5 Å². The van der Waals surface area contributed by atoms with Crippen molar-refractivity contribution in [1.29, 1.82) is 0 Å². The molecule has 0 radical (unpaired) electrons. The number of ether oxygens (including phenoxy) is 4. The minimum Gasteiger partial charge on any atom is -0.493 e. The Bertz CT molecular complexity index is 779. The summed E-state index contributed by atoms with van der Waals surface area (Å²) in [6.07, 6.45) is 1.89. The number of carbonyl (C=O) groups is 3. The fourth-order valence-electron chi connectivity index (χ4n) is 3.74. The number of hydrogen-bond acceptors (Lipinski definition) is 7. The Balaban J connectivity index is 1.86. The number of likely N-dealkylation sites (N-methyl/N-ethyl adjacent to an activating group) is 1. The SMILES string of the molecule is CCOC(=O)C1CCN(C(=O)CN(C)C(=O)CCc2cc(OC)c(OC)c(OC)c2)CC1. The highest BCUT2D eigenvalue weighted by Gasteiger charge is 2.29. The van der Waals surface area contributed by atoms with Crippen molar-refractivity contribution in [3.63, 3.8) is 0 Å². The number of nitrogens with zero attached hydrogens (tertiary/aromatic N) is 2. The van der Waals surface area contributed by atoms with Gasteiger partial charge in [-0.1, -0.05) is 0 Å². The van der Waals surface area contributed by atoms with Crippen LogP contribution in [0.25, 0.3) is 0 Å². The van der Waals surface area contributed by atoms with Gasteiger partial charge in [0, 0.05) is 26.6 Å². The Morgan fingerprint density at radius 3 is 2.12 bits per heavy atom. The van der Waals surface area contributed by atoms with E-state index in [9.17, 15) is 14.4 Å². The molecule has 0 aliphatic carbocycles. The van der Waals surface area contributed by atoms with Crippen molar-refractivity contribution < 1.29 is 33.3 Å². The summed E-state index contributed by atoms with van der Waals surface area (Å²) in [4.78, 5) is 40.2. The van der Waals surface area contributed by atoms with Crippen LogP contribution in [0.5, 0.6) is 17.2 Å². The molecule has 1 saturated heterocycles. The van der Waals surface area contributed by atoms with Gasteiger partial charge >= 0.3 is 5.97 Å². The summed E-state index contributed by atoms with van der Waals surface area (Å²) in [5.41, 5.74) is 0.869. The van der Waals surface area contributed by atoms with E-state index < -0.39 is 0 Å². The van der Waals surface area contributed by atoms with Crippen molar-refractivity contribution in [1.82, 2.24) is 9.80 Å². The largest absolute Gasteiger partial charge is 0.493 e. The zero-order valence-electron chi connectivity index (χ0n) is 19.6. The molecule has 0 saturated carbocycles. The molecule has 1 aliphatic heterocycles. The van der Waals surface area contributed by atoms with Crippen LogP contribution < -0.4 is 14.2 Å². The van der Waals surface area contributed by atoms with Gasteiger partial charge < -0.3 is 28.7 Å². The summed E-state index contributed by atoms with van der Waals surface area (Å²) in [7, 11) is 6.25. The Morgan fingerprint density at radius 1 is 1.03 bits per heavy atom. The molecule has 9 heteroatoms. The minimum atomic E-state index is -0.196. The van der Waals surface area contributed by atoms with E-state index >= 15 is 0 Å². The van der Waals surface area contributed by atoms with Crippen LogP contribution in [0.2, 0.25) is 0 Å². The molecule has 1 fully saturated rings. The molecule has 1 heterocycles. The number of likely N-dealkylation sites (tertiary alicyclic amines) is 1. The number of hydrogen-bond donors (Lipinski definition) is 0. The molecule has 0 spiro atoms. The van der Waals surface area contributed by atoms with E-state index in [4.69, 9.17) is 18.9 Å². The molecular formula is C23H34N2O7. The summed E-state index contributed by atoms with van der Waals surface area (Å²) in [6.45, 7) is 3.15. The molecule has 2 rings (SSSR count). The fourth-order valence-corrected chi connectivity index (χ4v) is 3.74. The van der Waals surface area contributed by atoms with Gasteiger partial charge in [0.1, 0.15) is 0 Å². The van der Waals surface area contributed by atoms with E-state index in [0.717, 1.165) is 5.56 Å². The number of piperidine rings is 1. The molecule has 9 nitrogen and oxygen atoms in total.